The number of anilines is 1. The first kappa shape index (κ1) is 14.0. The molecule has 1 aromatic carbocycles. The number of rotatable bonds is 4. The zero-order valence-corrected chi connectivity index (χ0v) is 11.5. The molecule has 104 valence electrons. The number of hydrogen-bond donors (Lipinski definition) is 0. The summed E-state index contributed by atoms with van der Waals surface area (Å²) in [6, 6.07) is 7.54. The quantitative estimate of drug-likeness (QED) is 0.794. The van der Waals surface area contributed by atoms with E-state index in [1.807, 2.05) is 31.2 Å². The van der Waals surface area contributed by atoms with Crippen molar-refractivity contribution in [3.63, 3.8) is 0 Å². The number of carbonyl (C=O) groups is 1. The van der Waals surface area contributed by atoms with Gasteiger partial charge >= 0.3 is 10.2 Å². The van der Waals surface area contributed by atoms with E-state index in [2.05, 4.69) is 0 Å². The Morgan fingerprint density at radius 2 is 1.95 bits per heavy atom. The molecule has 0 saturated carbocycles. The second kappa shape index (κ2) is 5.28. The molecule has 1 heterocycles. The summed E-state index contributed by atoms with van der Waals surface area (Å²) in [5, 5.41) is 0. The molecule has 0 aliphatic carbocycles. The molecule has 0 bridgehead atoms. The van der Waals surface area contributed by atoms with Crippen LogP contribution in [0.3, 0.4) is 0 Å². The van der Waals surface area contributed by atoms with Gasteiger partial charge in [-0.15, -0.1) is 3.89 Å². The zero-order valence-electron chi connectivity index (χ0n) is 10.7. The molecule has 19 heavy (non-hydrogen) atoms. The van der Waals surface area contributed by atoms with Crippen molar-refractivity contribution in [3.8, 4) is 0 Å². The standard InChI is InChI=1S/C13H16FNO3S/c1-2-10-3-5-12(6-4-10)15-8-11(7-13(15)16)9-19(14,17)18/h3-6,11H,2,7-9H2,1H3. The van der Waals surface area contributed by atoms with Crippen molar-refractivity contribution in [3.05, 3.63) is 29.8 Å². The molecule has 1 atom stereocenters. The summed E-state index contributed by atoms with van der Waals surface area (Å²) < 4.78 is 33.9. The third-order valence-electron chi connectivity index (χ3n) is 3.30. The van der Waals surface area contributed by atoms with Gasteiger partial charge in [0.2, 0.25) is 5.91 Å². The van der Waals surface area contributed by atoms with Gasteiger partial charge in [0, 0.05) is 24.6 Å². The van der Waals surface area contributed by atoms with Crippen LogP contribution < -0.4 is 4.90 Å². The Labute approximate surface area is 112 Å². The number of carbonyl (C=O) groups excluding carboxylic acids is 1. The number of hydrogen-bond acceptors (Lipinski definition) is 3. The van der Waals surface area contributed by atoms with E-state index >= 15 is 0 Å². The van der Waals surface area contributed by atoms with Gasteiger partial charge < -0.3 is 4.90 Å². The molecule has 1 unspecified atom stereocenters. The Balaban J connectivity index is 2.11. The highest BCUT2D eigenvalue weighted by atomic mass is 32.3. The summed E-state index contributed by atoms with van der Waals surface area (Å²) in [6.45, 7) is 2.30. The first-order chi connectivity index (χ1) is 8.89. The van der Waals surface area contributed by atoms with Crippen molar-refractivity contribution >= 4 is 21.8 Å². The highest BCUT2D eigenvalue weighted by molar-refractivity contribution is 7.86. The van der Waals surface area contributed by atoms with E-state index in [1.165, 1.54) is 10.5 Å². The fraction of sp³-hybridized carbons (Fsp3) is 0.462. The van der Waals surface area contributed by atoms with Crippen LogP contribution in [-0.4, -0.2) is 26.6 Å². The normalized spacial score (nSPS) is 20.0. The van der Waals surface area contributed by atoms with Crippen LogP contribution >= 0.6 is 0 Å². The lowest BCUT2D eigenvalue weighted by atomic mass is 10.1. The Morgan fingerprint density at radius 3 is 2.47 bits per heavy atom. The van der Waals surface area contributed by atoms with Crippen molar-refractivity contribution in [1.82, 2.24) is 0 Å². The van der Waals surface area contributed by atoms with Gasteiger partial charge in [-0.25, -0.2) is 0 Å². The van der Waals surface area contributed by atoms with Crippen LogP contribution in [0.15, 0.2) is 24.3 Å². The van der Waals surface area contributed by atoms with Crippen LogP contribution in [0.4, 0.5) is 9.57 Å². The van der Waals surface area contributed by atoms with E-state index in [4.69, 9.17) is 0 Å². The molecule has 1 aliphatic rings. The first-order valence-electron chi connectivity index (χ1n) is 6.20. The van der Waals surface area contributed by atoms with Crippen molar-refractivity contribution in [2.24, 2.45) is 5.92 Å². The second-order valence-corrected chi connectivity index (χ2v) is 6.21. The minimum atomic E-state index is -4.53. The van der Waals surface area contributed by atoms with Crippen molar-refractivity contribution in [1.29, 1.82) is 0 Å². The first-order valence-corrected chi connectivity index (χ1v) is 7.76. The molecule has 0 spiro atoms. The van der Waals surface area contributed by atoms with E-state index in [1.54, 1.807) is 0 Å². The summed E-state index contributed by atoms with van der Waals surface area (Å²) in [5.41, 5.74) is 1.90. The van der Waals surface area contributed by atoms with Crippen molar-refractivity contribution in [2.75, 3.05) is 17.2 Å². The number of benzene rings is 1. The van der Waals surface area contributed by atoms with Gasteiger partial charge in [0.05, 0.1) is 5.75 Å². The summed E-state index contributed by atoms with van der Waals surface area (Å²) in [4.78, 5) is 13.4. The highest BCUT2D eigenvalue weighted by Crippen LogP contribution is 2.26. The van der Waals surface area contributed by atoms with Crippen LogP contribution in [0.25, 0.3) is 0 Å². The molecule has 6 heteroatoms. The molecule has 1 aliphatic heterocycles. The fourth-order valence-corrected chi connectivity index (χ4v) is 3.12. The molecule has 0 radical (unpaired) electrons. The molecule has 4 nitrogen and oxygen atoms in total. The van der Waals surface area contributed by atoms with Gasteiger partial charge in [0.25, 0.3) is 0 Å². The van der Waals surface area contributed by atoms with Gasteiger partial charge in [-0.05, 0) is 24.1 Å². The molecule has 1 saturated heterocycles. The lowest BCUT2D eigenvalue weighted by Gasteiger charge is -2.16. The summed E-state index contributed by atoms with van der Waals surface area (Å²) >= 11 is 0. The van der Waals surface area contributed by atoms with E-state index in [0.717, 1.165) is 12.1 Å². The summed E-state index contributed by atoms with van der Waals surface area (Å²) in [6.07, 6.45) is 0.996. The molecule has 0 aromatic heterocycles. The SMILES string of the molecule is CCc1ccc(N2CC(CS(=O)(=O)F)CC2=O)cc1. The zero-order chi connectivity index (χ0) is 14.0. The lowest BCUT2D eigenvalue weighted by molar-refractivity contribution is -0.117. The average Bonchev–Trinajstić information content (AvgIpc) is 2.68. The van der Waals surface area contributed by atoms with Gasteiger partial charge in [-0.1, -0.05) is 19.1 Å². The molecule has 1 aromatic rings. The predicted octanol–water partition coefficient (Wildman–Crippen LogP) is 1.90. The maximum absolute atomic E-state index is 12.6. The van der Waals surface area contributed by atoms with Gasteiger partial charge in [0.15, 0.2) is 0 Å². The topological polar surface area (TPSA) is 54.5 Å². The lowest BCUT2D eigenvalue weighted by Crippen LogP contribution is -2.25. The molecular weight excluding hydrogens is 269 g/mol. The van der Waals surface area contributed by atoms with Crippen LogP contribution in [0.2, 0.25) is 0 Å². The minimum absolute atomic E-state index is 0.0820. The smallest absolute Gasteiger partial charge is 0.302 e. The van der Waals surface area contributed by atoms with Crippen molar-refractivity contribution < 1.29 is 17.1 Å². The van der Waals surface area contributed by atoms with Crippen LogP contribution in [0, 0.1) is 5.92 Å². The largest absolute Gasteiger partial charge is 0.312 e. The molecule has 1 fully saturated rings. The third-order valence-corrected chi connectivity index (χ3v) is 4.17. The van der Waals surface area contributed by atoms with E-state index in [9.17, 15) is 17.1 Å². The predicted molar refractivity (Wildman–Crippen MR) is 71.2 cm³/mol. The minimum Gasteiger partial charge on any atom is -0.312 e. The maximum Gasteiger partial charge on any atom is 0.302 e. The number of halogens is 1. The molecule has 1 amide bonds. The maximum atomic E-state index is 12.6. The van der Waals surface area contributed by atoms with E-state index in [-0.39, 0.29) is 18.9 Å². The summed E-state index contributed by atoms with van der Waals surface area (Å²) in [5.74, 6) is -1.20. The second-order valence-electron chi connectivity index (χ2n) is 4.80. The van der Waals surface area contributed by atoms with E-state index < -0.39 is 21.9 Å². The van der Waals surface area contributed by atoms with Gasteiger partial charge in [-0.2, -0.15) is 8.42 Å². The Bertz CT molecular complexity index is 568. The monoisotopic (exact) mass is 285 g/mol. The summed E-state index contributed by atoms with van der Waals surface area (Å²) in [7, 11) is -4.53. The van der Waals surface area contributed by atoms with Crippen LogP contribution in [0.5, 0.6) is 0 Å². The van der Waals surface area contributed by atoms with Crippen molar-refractivity contribution in [2.45, 2.75) is 19.8 Å². The number of amides is 1. The fourth-order valence-electron chi connectivity index (χ4n) is 2.34. The number of nitrogens with zero attached hydrogens (tertiary/aromatic N) is 1. The number of aryl methyl sites for hydroxylation is 1. The van der Waals surface area contributed by atoms with Crippen LogP contribution in [-0.2, 0) is 21.4 Å². The van der Waals surface area contributed by atoms with E-state index in [0.29, 0.717) is 0 Å². The van der Waals surface area contributed by atoms with Gasteiger partial charge in [0.1, 0.15) is 0 Å². The molecule has 0 N–H and O–H groups in total. The van der Waals surface area contributed by atoms with Crippen LogP contribution in [0.1, 0.15) is 18.9 Å². The Kier molecular flexibility index (Phi) is 3.89. The highest BCUT2D eigenvalue weighted by Gasteiger charge is 2.33. The average molecular weight is 285 g/mol. The Morgan fingerprint density at radius 1 is 1.32 bits per heavy atom. The van der Waals surface area contributed by atoms with Gasteiger partial charge in [-0.3, -0.25) is 4.79 Å². The Hall–Kier alpha value is -1.43. The molecule has 2 rings (SSSR count). The molecular formula is C13H16FNO3S. The third kappa shape index (κ3) is 3.53.